The van der Waals surface area contributed by atoms with Crippen LogP contribution in [-0.4, -0.2) is 42.8 Å². The third kappa shape index (κ3) is 5.53. The molecule has 1 aliphatic carbocycles. The van der Waals surface area contributed by atoms with Crippen molar-refractivity contribution in [1.29, 1.82) is 0 Å². The number of ether oxygens (including phenoxy) is 1. The smallest absolute Gasteiger partial charge is 0.305 e. The molecule has 1 saturated carbocycles. The van der Waals surface area contributed by atoms with Crippen LogP contribution in [0.3, 0.4) is 0 Å². The number of nitrogens with one attached hydrogen (secondary N) is 1. The van der Waals surface area contributed by atoms with Crippen LogP contribution in [0.1, 0.15) is 59.8 Å². The largest absolute Gasteiger partial charge is 0.481 e. The van der Waals surface area contributed by atoms with E-state index in [9.17, 15) is 9.59 Å². The number of aliphatic carboxylic acids is 1. The molecule has 0 aromatic heterocycles. The highest BCUT2D eigenvalue weighted by atomic mass is 16.5. The monoisotopic (exact) mass is 342 g/mol. The Labute approximate surface area is 145 Å². The fourth-order valence-corrected chi connectivity index (χ4v) is 4.25. The molecular formula is C18H34N2O4. The Balaban J connectivity index is 2.62. The van der Waals surface area contributed by atoms with Gasteiger partial charge in [-0.05, 0) is 42.4 Å². The maximum atomic E-state index is 11.0. The lowest BCUT2D eigenvalue weighted by Gasteiger charge is -2.37. The van der Waals surface area contributed by atoms with Gasteiger partial charge in [0.2, 0.25) is 0 Å². The van der Waals surface area contributed by atoms with Crippen molar-refractivity contribution in [2.75, 3.05) is 7.11 Å². The van der Waals surface area contributed by atoms with Gasteiger partial charge >= 0.3 is 5.97 Å². The van der Waals surface area contributed by atoms with Crippen molar-refractivity contribution in [3.8, 4) is 0 Å². The van der Waals surface area contributed by atoms with Crippen LogP contribution < -0.4 is 11.1 Å². The first-order valence-corrected chi connectivity index (χ1v) is 8.75. The molecule has 6 heteroatoms. The number of hydrogen-bond donors (Lipinski definition) is 3. The van der Waals surface area contributed by atoms with E-state index in [0.717, 1.165) is 12.8 Å². The summed E-state index contributed by atoms with van der Waals surface area (Å²) in [5.41, 5.74) is 6.87. The molecule has 0 aliphatic heterocycles. The average molecular weight is 342 g/mol. The second-order valence-corrected chi connectivity index (χ2v) is 8.43. The number of nitrogens with two attached hydrogens (primary N) is 1. The van der Waals surface area contributed by atoms with Gasteiger partial charge in [-0.15, -0.1) is 0 Å². The summed E-state index contributed by atoms with van der Waals surface area (Å²) < 4.78 is 5.36. The lowest BCUT2D eigenvalue weighted by atomic mass is 9.70. The standard InChI is InChI=1S/C18H34N2O4/c1-17(2)8-9-18(3,4)14(17)7-6-13(19)16(24-5)20-12(11-21)10-15(22)23/h11-14,16,20H,6-10,19H2,1-5H3,(H,22,23)/t12-,13?,16?/m0/s1. The number of carbonyl (C=O) groups excluding carboxylic acids is 1. The number of carboxylic acid groups (broad SMARTS) is 1. The van der Waals surface area contributed by atoms with Gasteiger partial charge in [0.05, 0.1) is 12.5 Å². The van der Waals surface area contributed by atoms with Crippen LogP contribution in [0.5, 0.6) is 0 Å². The van der Waals surface area contributed by atoms with Crippen molar-refractivity contribution in [2.24, 2.45) is 22.5 Å². The summed E-state index contributed by atoms with van der Waals surface area (Å²) in [6.07, 6.45) is 3.98. The second kappa shape index (κ2) is 8.41. The third-order valence-corrected chi connectivity index (χ3v) is 5.67. The molecule has 1 aliphatic rings. The number of rotatable bonds is 10. The van der Waals surface area contributed by atoms with Crippen molar-refractivity contribution < 1.29 is 19.4 Å². The number of carboxylic acids is 1. The lowest BCUT2D eigenvalue weighted by Crippen LogP contribution is -2.51. The van der Waals surface area contributed by atoms with Gasteiger partial charge in [-0.1, -0.05) is 27.7 Å². The first-order valence-electron chi connectivity index (χ1n) is 8.75. The SMILES string of the molecule is COC(N[C@H](C=O)CC(=O)O)C(N)CCC1C(C)(C)CCC1(C)C. The van der Waals surface area contributed by atoms with Gasteiger partial charge in [-0.25, -0.2) is 0 Å². The van der Waals surface area contributed by atoms with Crippen LogP contribution in [0.25, 0.3) is 0 Å². The van der Waals surface area contributed by atoms with Crippen molar-refractivity contribution in [1.82, 2.24) is 5.32 Å². The molecule has 1 rings (SSSR count). The van der Waals surface area contributed by atoms with E-state index in [-0.39, 0.29) is 12.5 Å². The molecule has 0 radical (unpaired) electrons. The molecule has 0 amide bonds. The Morgan fingerprint density at radius 3 is 2.29 bits per heavy atom. The minimum Gasteiger partial charge on any atom is -0.481 e. The van der Waals surface area contributed by atoms with E-state index in [0.29, 0.717) is 23.0 Å². The Morgan fingerprint density at radius 1 is 1.33 bits per heavy atom. The second-order valence-electron chi connectivity index (χ2n) is 8.43. The highest BCUT2D eigenvalue weighted by Gasteiger charge is 2.46. The van der Waals surface area contributed by atoms with Crippen LogP contribution in [0.2, 0.25) is 0 Å². The third-order valence-electron chi connectivity index (χ3n) is 5.67. The molecule has 0 bridgehead atoms. The van der Waals surface area contributed by atoms with Crippen LogP contribution in [-0.2, 0) is 14.3 Å². The summed E-state index contributed by atoms with van der Waals surface area (Å²) in [6, 6.07) is -1.09. The topological polar surface area (TPSA) is 102 Å². The Morgan fingerprint density at radius 2 is 1.88 bits per heavy atom. The number of carbonyl (C=O) groups is 2. The minimum atomic E-state index is -1.03. The highest BCUT2D eigenvalue weighted by Crippen LogP contribution is 2.55. The zero-order valence-corrected chi connectivity index (χ0v) is 15.7. The van der Waals surface area contributed by atoms with Gasteiger partial charge in [0.15, 0.2) is 0 Å². The van der Waals surface area contributed by atoms with E-state index < -0.39 is 18.2 Å². The molecule has 4 N–H and O–H groups in total. The minimum absolute atomic E-state index is 0.279. The Hall–Kier alpha value is -0.980. The first-order chi connectivity index (χ1) is 11.0. The van der Waals surface area contributed by atoms with Gasteiger partial charge in [0, 0.05) is 13.2 Å². The van der Waals surface area contributed by atoms with Crippen LogP contribution >= 0.6 is 0 Å². The molecule has 0 aromatic carbocycles. The van der Waals surface area contributed by atoms with Crippen molar-refractivity contribution in [3.05, 3.63) is 0 Å². The number of aldehydes is 1. The zero-order valence-electron chi connectivity index (χ0n) is 15.7. The maximum absolute atomic E-state index is 11.0. The molecule has 3 atom stereocenters. The molecule has 0 spiro atoms. The molecular weight excluding hydrogens is 308 g/mol. The van der Waals surface area contributed by atoms with Gasteiger partial charge in [-0.2, -0.15) is 0 Å². The predicted molar refractivity (Wildman–Crippen MR) is 93.5 cm³/mol. The van der Waals surface area contributed by atoms with Crippen LogP contribution in [0, 0.1) is 16.7 Å². The first kappa shape index (κ1) is 21.1. The fraction of sp³-hybridized carbons (Fsp3) is 0.889. The normalized spacial score (nSPS) is 23.6. The molecule has 0 heterocycles. The van der Waals surface area contributed by atoms with E-state index in [4.69, 9.17) is 15.6 Å². The molecule has 2 unspecified atom stereocenters. The van der Waals surface area contributed by atoms with Crippen LogP contribution in [0.15, 0.2) is 0 Å². The van der Waals surface area contributed by atoms with Gasteiger partial charge in [0.1, 0.15) is 12.5 Å². The lowest BCUT2D eigenvalue weighted by molar-refractivity contribution is -0.138. The molecule has 140 valence electrons. The molecule has 0 aromatic rings. The fourth-order valence-electron chi connectivity index (χ4n) is 4.25. The van der Waals surface area contributed by atoms with E-state index >= 15 is 0 Å². The van der Waals surface area contributed by atoms with Crippen molar-refractivity contribution in [3.63, 3.8) is 0 Å². The average Bonchev–Trinajstić information content (AvgIpc) is 2.69. The summed E-state index contributed by atoms with van der Waals surface area (Å²) in [5, 5.41) is 11.7. The van der Waals surface area contributed by atoms with Crippen molar-refractivity contribution >= 4 is 12.3 Å². The Kier molecular flexibility index (Phi) is 7.38. The zero-order chi connectivity index (χ0) is 18.5. The number of hydrogen-bond acceptors (Lipinski definition) is 5. The van der Waals surface area contributed by atoms with E-state index in [1.807, 2.05) is 0 Å². The predicted octanol–water partition coefficient (Wildman–Crippen LogP) is 2.16. The summed E-state index contributed by atoms with van der Waals surface area (Å²) in [7, 11) is 1.52. The summed E-state index contributed by atoms with van der Waals surface area (Å²) in [5.74, 6) is -0.452. The summed E-state index contributed by atoms with van der Waals surface area (Å²) >= 11 is 0. The summed E-state index contributed by atoms with van der Waals surface area (Å²) in [6.45, 7) is 9.27. The van der Waals surface area contributed by atoms with E-state index in [1.165, 1.54) is 20.0 Å². The quantitative estimate of drug-likeness (QED) is 0.415. The molecule has 24 heavy (non-hydrogen) atoms. The van der Waals surface area contributed by atoms with Crippen molar-refractivity contribution in [2.45, 2.75) is 78.1 Å². The van der Waals surface area contributed by atoms with Gasteiger partial charge in [-0.3, -0.25) is 10.1 Å². The van der Waals surface area contributed by atoms with Gasteiger partial charge < -0.3 is 20.4 Å². The molecule has 0 saturated heterocycles. The summed E-state index contributed by atoms with van der Waals surface area (Å²) in [4.78, 5) is 21.8. The molecule has 6 nitrogen and oxygen atoms in total. The van der Waals surface area contributed by atoms with E-state index in [2.05, 4.69) is 33.0 Å². The van der Waals surface area contributed by atoms with Crippen LogP contribution in [0.4, 0.5) is 0 Å². The molecule has 1 fully saturated rings. The Bertz CT molecular complexity index is 421. The van der Waals surface area contributed by atoms with E-state index in [1.54, 1.807) is 0 Å². The van der Waals surface area contributed by atoms with Gasteiger partial charge in [0.25, 0.3) is 0 Å². The number of methoxy groups -OCH3 is 1. The highest BCUT2D eigenvalue weighted by molar-refractivity contribution is 5.73. The maximum Gasteiger partial charge on any atom is 0.305 e.